The van der Waals surface area contributed by atoms with Crippen LogP contribution < -0.4 is 0 Å². The highest BCUT2D eigenvalue weighted by atomic mass is 15.1. The molecule has 0 spiro atoms. The van der Waals surface area contributed by atoms with Crippen LogP contribution in [0.4, 0.5) is 0 Å². The van der Waals surface area contributed by atoms with Crippen molar-refractivity contribution in [2.24, 2.45) is 23.7 Å². The molecule has 1 aromatic heterocycles. The Labute approximate surface area is 172 Å². The van der Waals surface area contributed by atoms with Crippen molar-refractivity contribution in [1.29, 1.82) is 0 Å². The van der Waals surface area contributed by atoms with E-state index < -0.39 is 0 Å². The number of rotatable bonds is 4. The minimum absolute atomic E-state index is 0.539. The molecule has 2 aliphatic carbocycles. The third-order valence-corrected chi connectivity index (χ3v) is 6.56. The quantitative estimate of drug-likeness (QED) is 0.569. The summed E-state index contributed by atoms with van der Waals surface area (Å²) in [6.07, 6.45) is 15.7. The first-order valence-corrected chi connectivity index (χ1v) is 11.6. The van der Waals surface area contributed by atoms with Crippen LogP contribution >= 0.6 is 0 Å². The molecule has 1 aromatic rings. The van der Waals surface area contributed by atoms with Gasteiger partial charge < -0.3 is 0 Å². The summed E-state index contributed by atoms with van der Waals surface area (Å²) >= 11 is 0. The van der Waals surface area contributed by atoms with Gasteiger partial charge in [-0.1, -0.05) is 51.4 Å². The van der Waals surface area contributed by atoms with E-state index in [0.717, 1.165) is 23.2 Å². The fraction of sp³-hybridized carbons (Fsp3) is 0.692. The summed E-state index contributed by atoms with van der Waals surface area (Å²) in [4.78, 5) is 0. The predicted molar refractivity (Wildman–Crippen MR) is 117 cm³/mol. The second-order valence-corrected chi connectivity index (χ2v) is 8.86. The van der Waals surface area contributed by atoms with Crippen LogP contribution in [0.15, 0.2) is 12.1 Å². The van der Waals surface area contributed by atoms with Gasteiger partial charge in [0.15, 0.2) is 0 Å². The Morgan fingerprint density at radius 2 is 1.07 bits per heavy atom. The van der Waals surface area contributed by atoms with E-state index in [1.807, 2.05) is 12.1 Å². The maximum atomic E-state index is 4.28. The Balaban J connectivity index is 1.46. The van der Waals surface area contributed by atoms with E-state index in [0.29, 0.717) is 11.8 Å². The van der Waals surface area contributed by atoms with E-state index in [4.69, 9.17) is 0 Å². The molecule has 2 heteroatoms. The summed E-state index contributed by atoms with van der Waals surface area (Å²) in [7, 11) is 0. The highest BCUT2D eigenvalue weighted by molar-refractivity contribution is 5.32. The second kappa shape index (κ2) is 11.3. The number of aromatic nitrogens is 2. The molecule has 3 rings (SSSR count). The van der Waals surface area contributed by atoms with Gasteiger partial charge in [0.1, 0.15) is 11.4 Å². The lowest BCUT2D eigenvalue weighted by molar-refractivity contribution is 0.300. The molecule has 0 aromatic carbocycles. The minimum atomic E-state index is 0.539. The topological polar surface area (TPSA) is 25.8 Å². The summed E-state index contributed by atoms with van der Waals surface area (Å²) in [6, 6.07) is 3.95. The van der Waals surface area contributed by atoms with Crippen LogP contribution in [-0.4, -0.2) is 10.2 Å². The molecule has 2 aliphatic rings. The van der Waals surface area contributed by atoms with Crippen LogP contribution in [0.2, 0.25) is 0 Å². The SMILES string of the molecule is CCC[C@H]1CC[C@H](C#Cc2ccc(C#C[C@H]3CC[C@H](CCC)CC3)nn2)CC1. The van der Waals surface area contributed by atoms with E-state index in [2.05, 4.69) is 47.7 Å². The molecule has 0 amide bonds. The van der Waals surface area contributed by atoms with Crippen molar-refractivity contribution >= 4 is 0 Å². The van der Waals surface area contributed by atoms with Crippen LogP contribution in [0, 0.1) is 47.4 Å². The number of nitrogens with zero attached hydrogens (tertiary/aromatic N) is 2. The monoisotopic (exact) mass is 376 g/mol. The van der Waals surface area contributed by atoms with E-state index in [9.17, 15) is 0 Å². The smallest absolute Gasteiger partial charge is 0.135 e. The molecular weight excluding hydrogens is 340 g/mol. The molecule has 2 saturated carbocycles. The van der Waals surface area contributed by atoms with Crippen molar-refractivity contribution in [3.8, 4) is 23.7 Å². The van der Waals surface area contributed by atoms with Gasteiger partial charge >= 0.3 is 0 Å². The summed E-state index contributed by atoms with van der Waals surface area (Å²) in [6.45, 7) is 4.58. The summed E-state index contributed by atoms with van der Waals surface area (Å²) in [5.74, 6) is 16.3. The summed E-state index contributed by atoms with van der Waals surface area (Å²) < 4.78 is 0. The van der Waals surface area contributed by atoms with E-state index in [1.165, 1.54) is 77.0 Å². The van der Waals surface area contributed by atoms with Crippen molar-refractivity contribution in [3.63, 3.8) is 0 Å². The second-order valence-electron chi connectivity index (χ2n) is 8.86. The zero-order chi connectivity index (χ0) is 19.6. The van der Waals surface area contributed by atoms with Crippen LogP contribution in [0.5, 0.6) is 0 Å². The molecule has 150 valence electrons. The largest absolute Gasteiger partial charge is 0.141 e. The summed E-state index contributed by atoms with van der Waals surface area (Å²) in [5.41, 5.74) is 1.56. The standard InChI is InChI=1S/C26H36N2/c1-3-5-21-7-11-23(12-8-21)15-17-25-19-20-26(28-27-25)18-16-24-13-9-22(6-4-2)10-14-24/h19-24H,3-14H2,1-2H3/t21-,22-,23-,24-. The molecule has 2 nitrogen and oxygen atoms in total. The van der Waals surface area contributed by atoms with Gasteiger partial charge in [-0.25, -0.2) is 0 Å². The Kier molecular flexibility index (Phi) is 8.42. The van der Waals surface area contributed by atoms with Gasteiger partial charge in [-0.3, -0.25) is 0 Å². The van der Waals surface area contributed by atoms with Gasteiger partial charge in [0.25, 0.3) is 0 Å². The van der Waals surface area contributed by atoms with Crippen LogP contribution in [0.3, 0.4) is 0 Å². The van der Waals surface area contributed by atoms with E-state index >= 15 is 0 Å². The van der Waals surface area contributed by atoms with Crippen molar-refractivity contribution in [3.05, 3.63) is 23.5 Å². The van der Waals surface area contributed by atoms with Crippen LogP contribution in [-0.2, 0) is 0 Å². The van der Waals surface area contributed by atoms with Gasteiger partial charge in [0, 0.05) is 11.8 Å². The van der Waals surface area contributed by atoms with Crippen molar-refractivity contribution in [2.75, 3.05) is 0 Å². The Hall–Kier alpha value is -1.80. The zero-order valence-corrected chi connectivity index (χ0v) is 17.8. The zero-order valence-electron chi connectivity index (χ0n) is 17.8. The number of hydrogen-bond acceptors (Lipinski definition) is 2. The van der Waals surface area contributed by atoms with Gasteiger partial charge in [0.05, 0.1) is 0 Å². The summed E-state index contributed by atoms with van der Waals surface area (Å²) in [5, 5.41) is 8.56. The lowest BCUT2D eigenvalue weighted by Gasteiger charge is -2.25. The van der Waals surface area contributed by atoms with Gasteiger partial charge in [-0.05, 0) is 87.2 Å². The highest BCUT2D eigenvalue weighted by Crippen LogP contribution is 2.32. The average molecular weight is 377 g/mol. The average Bonchev–Trinajstić information content (AvgIpc) is 2.74. The van der Waals surface area contributed by atoms with Gasteiger partial charge in [0.2, 0.25) is 0 Å². The molecule has 0 atom stereocenters. The molecule has 0 bridgehead atoms. The van der Waals surface area contributed by atoms with E-state index in [1.54, 1.807) is 0 Å². The molecule has 0 unspecified atom stereocenters. The maximum absolute atomic E-state index is 4.28. The molecule has 1 heterocycles. The Morgan fingerprint density at radius 1 is 0.679 bits per heavy atom. The fourth-order valence-corrected chi connectivity index (χ4v) is 4.83. The predicted octanol–water partition coefficient (Wildman–Crippen LogP) is 6.39. The van der Waals surface area contributed by atoms with Gasteiger partial charge in [-0.2, -0.15) is 0 Å². The molecule has 0 radical (unpaired) electrons. The lowest BCUT2D eigenvalue weighted by atomic mass is 9.80. The van der Waals surface area contributed by atoms with Crippen LogP contribution in [0.1, 0.15) is 102 Å². The van der Waals surface area contributed by atoms with Gasteiger partial charge in [-0.15, -0.1) is 10.2 Å². The molecular formula is C26H36N2. The third-order valence-electron chi connectivity index (χ3n) is 6.56. The van der Waals surface area contributed by atoms with E-state index in [-0.39, 0.29) is 0 Å². The highest BCUT2D eigenvalue weighted by Gasteiger charge is 2.19. The molecule has 28 heavy (non-hydrogen) atoms. The number of hydrogen-bond donors (Lipinski definition) is 0. The third kappa shape index (κ3) is 6.67. The molecule has 0 N–H and O–H groups in total. The first-order valence-electron chi connectivity index (χ1n) is 11.6. The fourth-order valence-electron chi connectivity index (χ4n) is 4.83. The van der Waals surface area contributed by atoms with Crippen molar-refractivity contribution < 1.29 is 0 Å². The normalized spacial score (nSPS) is 27.2. The van der Waals surface area contributed by atoms with Crippen molar-refractivity contribution in [2.45, 2.75) is 90.9 Å². The minimum Gasteiger partial charge on any atom is -0.141 e. The maximum Gasteiger partial charge on any atom is 0.135 e. The van der Waals surface area contributed by atoms with Crippen molar-refractivity contribution in [1.82, 2.24) is 10.2 Å². The molecule has 2 fully saturated rings. The Bertz CT molecular complexity index is 634. The first-order chi connectivity index (χ1) is 13.8. The lowest BCUT2D eigenvalue weighted by Crippen LogP contribution is -2.13. The first kappa shape index (κ1) is 20.9. The van der Waals surface area contributed by atoms with Crippen LogP contribution in [0.25, 0.3) is 0 Å². The molecule has 0 aliphatic heterocycles. The molecule has 0 saturated heterocycles. The Morgan fingerprint density at radius 3 is 1.39 bits per heavy atom.